The number of rotatable bonds is 6. The van der Waals surface area contributed by atoms with Crippen molar-refractivity contribution in [2.75, 3.05) is 21.3 Å². The third-order valence-electron chi connectivity index (χ3n) is 1.24. The van der Waals surface area contributed by atoms with Crippen LogP contribution in [0.3, 0.4) is 0 Å². The van der Waals surface area contributed by atoms with Crippen molar-refractivity contribution < 1.29 is 27.8 Å². The van der Waals surface area contributed by atoms with Crippen molar-refractivity contribution in [3.05, 3.63) is 11.8 Å². The highest BCUT2D eigenvalue weighted by atomic mass is 31.2. The zero-order valence-electron chi connectivity index (χ0n) is 8.97. The molecular weight excluding hydrogens is 225 g/mol. The minimum Gasteiger partial charge on any atom is -0.409 e. The number of carbonyl (C=O) groups is 1. The zero-order chi connectivity index (χ0) is 11.9. The molecule has 0 saturated carbocycles. The number of amides is 1. The molecule has 0 rings (SSSR count). The summed E-state index contributed by atoms with van der Waals surface area (Å²) in [4.78, 5) is 15.3. The summed E-state index contributed by atoms with van der Waals surface area (Å²) in [5.74, 6) is -0.467. The lowest BCUT2D eigenvalue weighted by molar-refractivity contribution is -0.126. The number of allylic oxidation sites excluding steroid dienone is 1. The summed E-state index contributed by atoms with van der Waals surface area (Å²) in [7, 11) is 0.0341. The average molecular weight is 239 g/mol. The van der Waals surface area contributed by atoms with Gasteiger partial charge in [-0.2, -0.15) is 0 Å². The van der Waals surface area contributed by atoms with Crippen LogP contribution in [0, 0.1) is 0 Å². The third-order valence-corrected chi connectivity index (χ3v) is 2.65. The molecule has 8 heteroatoms. The van der Waals surface area contributed by atoms with Crippen molar-refractivity contribution in [1.29, 1.82) is 0 Å². The smallest absolute Gasteiger partial charge is 0.409 e. The SMILES string of the molecule is CONC(=O)C=C(C)OP(=O)(OC)OC. The number of hydrogen-bond acceptors (Lipinski definition) is 6. The maximum absolute atomic E-state index is 11.4. The summed E-state index contributed by atoms with van der Waals surface area (Å²) in [6.45, 7) is 1.43. The molecule has 1 amide bonds. The van der Waals surface area contributed by atoms with Crippen LogP contribution >= 0.6 is 7.82 Å². The van der Waals surface area contributed by atoms with Crippen LogP contribution in [-0.4, -0.2) is 27.2 Å². The molecule has 0 fully saturated rings. The lowest BCUT2D eigenvalue weighted by atomic mass is 10.5. The lowest BCUT2D eigenvalue weighted by Gasteiger charge is -2.14. The monoisotopic (exact) mass is 239 g/mol. The molecule has 0 aromatic carbocycles. The lowest BCUT2D eigenvalue weighted by Crippen LogP contribution is -2.19. The van der Waals surface area contributed by atoms with Crippen LogP contribution in [0.4, 0.5) is 0 Å². The summed E-state index contributed by atoms with van der Waals surface area (Å²) >= 11 is 0. The minimum atomic E-state index is -3.60. The summed E-state index contributed by atoms with van der Waals surface area (Å²) in [5.41, 5.74) is 2.03. The summed E-state index contributed by atoms with van der Waals surface area (Å²) in [5, 5.41) is 0. The van der Waals surface area contributed by atoms with E-state index in [1.165, 1.54) is 28.3 Å². The molecule has 0 atom stereocenters. The first kappa shape index (κ1) is 14.1. The van der Waals surface area contributed by atoms with Crippen LogP contribution in [-0.2, 0) is 27.8 Å². The molecule has 7 nitrogen and oxygen atoms in total. The fraction of sp³-hybridized carbons (Fsp3) is 0.571. The average Bonchev–Trinajstić information content (AvgIpc) is 2.17. The Morgan fingerprint density at radius 3 is 2.20 bits per heavy atom. The van der Waals surface area contributed by atoms with Gasteiger partial charge in [-0.1, -0.05) is 0 Å². The first-order chi connectivity index (χ1) is 6.97. The van der Waals surface area contributed by atoms with E-state index in [0.29, 0.717) is 0 Å². The maximum atomic E-state index is 11.4. The summed E-state index contributed by atoms with van der Waals surface area (Å²) < 4.78 is 25.3. The fourth-order valence-electron chi connectivity index (χ4n) is 0.666. The molecule has 15 heavy (non-hydrogen) atoms. The topological polar surface area (TPSA) is 83.1 Å². The van der Waals surface area contributed by atoms with E-state index in [2.05, 4.69) is 13.9 Å². The minimum absolute atomic E-state index is 0.0802. The molecule has 0 aromatic heterocycles. The highest BCUT2D eigenvalue weighted by Crippen LogP contribution is 2.49. The summed E-state index contributed by atoms with van der Waals surface area (Å²) in [6.07, 6.45) is 1.05. The van der Waals surface area contributed by atoms with Crippen molar-refractivity contribution in [3.63, 3.8) is 0 Å². The number of phosphoric ester groups is 1. The Morgan fingerprint density at radius 2 is 1.80 bits per heavy atom. The molecule has 0 aliphatic heterocycles. The highest BCUT2D eigenvalue weighted by molar-refractivity contribution is 7.48. The van der Waals surface area contributed by atoms with Gasteiger partial charge < -0.3 is 4.52 Å². The fourth-order valence-corrected chi connectivity index (χ4v) is 1.37. The van der Waals surface area contributed by atoms with Gasteiger partial charge in [0.1, 0.15) is 5.76 Å². The Balaban J connectivity index is 4.40. The Bertz CT molecular complexity index is 281. The van der Waals surface area contributed by atoms with Gasteiger partial charge in [0, 0.05) is 20.3 Å². The van der Waals surface area contributed by atoms with Gasteiger partial charge in [-0.15, -0.1) is 0 Å². The first-order valence-electron chi connectivity index (χ1n) is 3.89. The molecule has 88 valence electrons. The maximum Gasteiger partial charge on any atom is 0.529 e. The van der Waals surface area contributed by atoms with E-state index in [1.54, 1.807) is 0 Å². The predicted molar refractivity (Wildman–Crippen MR) is 51.6 cm³/mol. The van der Waals surface area contributed by atoms with Gasteiger partial charge in [-0.25, -0.2) is 10.0 Å². The second-order valence-electron chi connectivity index (χ2n) is 2.33. The molecular formula is C7H14NO6P. The molecule has 0 radical (unpaired) electrons. The highest BCUT2D eigenvalue weighted by Gasteiger charge is 2.24. The van der Waals surface area contributed by atoms with Crippen molar-refractivity contribution in [1.82, 2.24) is 5.48 Å². The molecule has 0 saturated heterocycles. The second kappa shape index (κ2) is 6.58. The van der Waals surface area contributed by atoms with E-state index in [0.717, 1.165) is 6.08 Å². The van der Waals surface area contributed by atoms with E-state index >= 15 is 0 Å². The van der Waals surface area contributed by atoms with Gasteiger partial charge in [0.15, 0.2) is 0 Å². The first-order valence-corrected chi connectivity index (χ1v) is 5.36. The number of hydrogen-bond donors (Lipinski definition) is 1. The Labute approximate surface area is 87.9 Å². The number of phosphoric acid groups is 1. The van der Waals surface area contributed by atoms with Crippen molar-refractivity contribution in [2.45, 2.75) is 6.92 Å². The largest absolute Gasteiger partial charge is 0.529 e. The standard InChI is InChI=1S/C7H14NO6P/c1-6(5-7(9)8-11-2)14-15(10,12-3)13-4/h5H,1-4H3,(H,8,9). The number of nitrogens with one attached hydrogen (secondary N) is 1. The Morgan fingerprint density at radius 1 is 1.27 bits per heavy atom. The molecule has 1 N–H and O–H groups in total. The van der Waals surface area contributed by atoms with E-state index < -0.39 is 13.7 Å². The van der Waals surface area contributed by atoms with Gasteiger partial charge in [-0.05, 0) is 6.92 Å². The predicted octanol–water partition coefficient (Wildman–Crippen LogP) is 0.985. The Hall–Kier alpha value is -0.880. The summed E-state index contributed by atoms with van der Waals surface area (Å²) in [6, 6.07) is 0. The van der Waals surface area contributed by atoms with Gasteiger partial charge >= 0.3 is 7.82 Å². The van der Waals surface area contributed by atoms with Crippen LogP contribution in [0.2, 0.25) is 0 Å². The van der Waals surface area contributed by atoms with E-state index in [9.17, 15) is 9.36 Å². The van der Waals surface area contributed by atoms with Crippen LogP contribution in [0.5, 0.6) is 0 Å². The normalized spacial score (nSPS) is 12.4. The molecule has 0 bridgehead atoms. The molecule has 0 aliphatic carbocycles. The molecule has 0 aliphatic rings. The van der Waals surface area contributed by atoms with Crippen LogP contribution in [0.1, 0.15) is 6.92 Å². The van der Waals surface area contributed by atoms with Gasteiger partial charge in [-0.3, -0.25) is 18.7 Å². The van der Waals surface area contributed by atoms with Crippen molar-refractivity contribution in [3.8, 4) is 0 Å². The van der Waals surface area contributed by atoms with Gasteiger partial charge in [0.25, 0.3) is 5.91 Å². The number of hydroxylamine groups is 1. The molecule has 0 spiro atoms. The Kier molecular flexibility index (Phi) is 6.19. The van der Waals surface area contributed by atoms with E-state index in [1.807, 2.05) is 5.48 Å². The van der Waals surface area contributed by atoms with Gasteiger partial charge in [0.05, 0.1) is 7.11 Å². The van der Waals surface area contributed by atoms with Crippen molar-refractivity contribution in [2.24, 2.45) is 0 Å². The van der Waals surface area contributed by atoms with E-state index in [4.69, 9.17) is 4.52 Å². The van der Waals surface area contributed by atoms with E-state index in [-0.39, 0.29) is 5.76 Å². The number of carbonyl (C=O) groups excluding carboxylic acids is 1. The third kappa shape index (κ3) is 5.54. The quantitative estimate of drug-likeness (QED) is 0.322. The zero-order valence-corrected chi connectivity index (χ0v) is 9.87. The van der Waals surface area contributed by atoms with Crippen LogP contribution < -0.4 is 5.48 Å². The van der Waals surface area contributed by atoms with Crippen LogP contribution in [0.25, 0.3) is 0 Å². The van der Waals surface area contributed by atoms with Gasteiger partial charge in [0.2, 0.25) is 0 Å². The molecule has 0 aromatic rings. The van der Waals surface area contributed by atoms with Crippen LogP contribution in [0.15, 0.2) is 11.8 Å². The molecule has 0 unspecified atom stereocenters. The second-order valence-corrected chi connectivity index (χ2v) is 4.14. The molecule has 0 heterocycles. The van der Waals surface area contributed by atoms with Crippen molar-refractivity contribution >= 4 is 13.7 Å².